The lowest BCUT2D eigenvalue weighted by Gasteiger charge is -2.33. The number of anilines is 2. The first-order chi connectivity index (χ1) is 8.54. The topological polar surface area (TPSA) is 67.3 Å². The van der Waals surface area contributed by atoms with Crippen LogP contribution in [0.15, 0.2) is 0 Å². The molecule has 18 heavy (non-hydrogen) atoms. The van der Waals surface area contributed by atoms with Gasteiger partial charge in [0.05, 0.1) is 11.4 Å². The van der Waals surface area contributed by atoms with Crippen LogP contribution in [-0.4, -0.2) is 34.6 Å². The van der Waals surface area contributed by atoms with E-state index in [1.807, 2.05) is 11.7 Å². The van der Waals surface area contributed by atoms with Gasteiger partial charge in [-0.15, -0.1) is 0 Å². The van der Waals surface area contributed by atoms with E-state index in [2.05, 4.69) is 23.8 Å². The second-order valence-corrected chi connectivity index (χ2v) is 5.54. The summed E-state index contributed by atoms with van der Waals surface area (Å²) in [5.74, 6) is 1.70. The molecule has 1 atom stereocenters. The highest BCUT2D eigenvalue weighted by molar-refractivity contribution is 5.67. The molecule has 0 radical (unpaired) electrons. The van der Waals surface area contributed by atoms with E-state index in [1.165, 1.54) is 0 Å². The summed E-state index contributed by atoms with van der Waals surface area (Å²) in [4.78, 5) is 2.26. The number of aryl methyl sites for hydroxylation is 1. The van der Waals surface area contributed by atoms with Gasteiger partial charge in [0.25, 0.3) is 0 Å². The van der Waals surface area contributed by atoms with Crippen LogP contribution in [0.5, 0.6) is 0 Å². The summed E-state index contributed by atoms with van der Waals surface area (Å²) < 4.78 is 1.88. The Morgan fingerprint density at radius 1 is 1.50 bits per heavy atom. The minimum absolute atomic E-state index is 0.255. The van der Waals surface area contributed by atoms with Crippen LogP contribution in [0.4, 0.5) is 11.5 Å². The van der Waals surface area contributed by atoms with E-state index in [-0.39, 0.29) is 6.61 Å². The lowest BCUT2D eigenvalue weighted by atomic mass is 9.99. The van der Waals surface area contributed by atoms with Crippen molar-refractivity contribution in [1.29, 1.82) is 0 Å². The van der Waals surface area contributed by atoms with Gasteiger partial charge in [-0.25, -0.2) is 0 Å². The molecule has 1 aromatic rings. The normalized spacial score (nSPS) is 20.7. The summed E-state index contributed by atoms with van der Waals surface area (Å²) >= 11 is 0. The number of hydrogen-bond acceptors (Lipinski definition) is 4. The number of nitrogen functional groups attached to an aromatic ring is 1. The maximum Gasteiger partial charge on any atom is 0.150 e. The fraction of sp³-hybridized carbons (Fsp3) is 0.769. The number of aliphatic hydroxyl groups is 1. The van der Waals surface area contributed by atoms with E-state index in [4.69, 9.17) is 5.73 Å². The van der Waals surface area contributed by atoms with Crippen molar-refractivity contribution in [3.63, 3.8) is 0 Å². The van der Waals surface area contributed by atoms with E-state index >= 15 is 0 Å². The van der Waals surface area contributed by atoms with Crippen molar-refractivity contribution in [2.75, 3.05) is 30.3 Å². The molecule has 0 aromatic carbocycles. The summed E-state index contributed by atoms with van der Waals surface area (Å²) in [5.41, 5.74) is 8.00. The van der Waals surface area contributed by atoms with Crippen LogP contribution in [0.1, 0.15) is 38.3 Å². The van der Waals surface area contributed by atoms with Crippen molar-refractivity contribution >= 4 is 11.5 Å². The van der Waals surface area contributed by atoms with Gasteiger partial charge >= 0.3 is 0 Å². The Balaban J connectivity index is 2.27. The number of aliphatic hydroxyl groups excluding tert-OH is 1. The van der Waals surface area contributed by atoms with E-state index in [0.717, 1.165) is 43.1 Å². The SMILES string of the molecule is CC(C)c1nn(C)c(N2CCCC(CO)C2)c1N. The summed E-state index contributed by atoms with van der Waals surface area (Å²) in [6, 6.07) is 0. The largest absolute Gasteiger partial charge is 0.396 e. The highest BCUT2D eigenvalue weighted by Gasteiger charge is 2.25. The lowest BCUT2D eigenvalue weighted by molar-refractivity contribution is 0.208. The Labute approximate surface area is 109 Å². The molecule has 1 aromatic heterocycles. The number of hydrogen-bond donors (Lipinski definition) is 2. The first-order valence-electron chi connectivity index (χ1n) is 6.72. The van der Waals surface area contributed by atoms with Crippen LogP contribution in [-0.2, 0) is 7.05 Å². The number of piperidine rings is 1. The molecular formula is C13H24N4O. The Kier molecular flexibility index (Phi) is 3.80. The summed E-state index contributed by atoms with van der Waals surface area (Å²) in [7, 11) is 1.94. The maximum absolute atomic E-state index is 9.31. The number of nitrogens with two attached hydrogens (primary N) is 1. The third kappa shape index (κ3) is 2.32. The fourth-order valence-corrected chi connectivity index (χ4v) is 2.76. The second kappa shape index (κ2) is 5.18. The van der Waals surface area contributed by atoms with Crippen molar-refractivity contribution in [3.05, 3.63) is 5.69 Å². The number of rotatable bonds is 3. The molecule has 0 bridgehead atoms. The zero-order valence-electron chi connectivity index (χ0n) is 11.6. The van der Waals surface area contributed by atoms with Crippen molar-refractivity contribution in [2.24, 2.45) is 13.0 Å². The smallest absolute Gasteiger partial charge is 0.150 e. The van der Waals surface area contributed by atoms with Crippen LogP contribution in [0.25, 0.3) is 0 Å². The molecule has 5 nitrogen and oxygen atoms in total. The molecule has 5 heteroatoms. The molecule has 2 rings (SSSR count). The minimum Gasteiger partial charge on any atom is -0.396 e. The predicted molar refractivity (Wildman–Crippen MR) is 73.7 cm³/mol. The zero-order chi connectivity index (χ0) is 13.3. The van der Waals surface area contributed by atoms with Crippen LogP contribution >= 0.6 is 0 Å². The van der Waals surface area contributed by atoms with Gasteiger partial charge in [-0.05, 0) is 24.7 Å². The van der Waals surface area contributed by atoms with E-state index < -0.39 is 0 Å². The molecule has 1 saturated heterocycles. The molecule has 1 aliphatic rings. The summed E-state index contributed by atoms with van der Waals surface area (Å²) in [6.45, 7) is 6.34. The van der Waals surface area contributed by atoms with Crippen LogP contribution in [0.2, 0.25) is 0 Å². The average molecular weight is 252 g/mol. The molecule has 1 unspecified atom stereocenters. The van der Waals surface area contributed by atoms with Gasteiger partial charge in [0.2, 0.25) is 0 Å². The van der Waals surface area contributed by atoms with Crippen molar-refractivity contribution in [2.45, 2.75) is 32.6 Å². The standard InChI is InChI=1S/C13H24N4O/c1-9(2)12-11(14)13(16(3)15-12)17-6-4-5-10(7-17)8-18/h9-10,18H,4-8,14H2,1-3H3. The van der Waals surface area contributed by atoms with Crippen molar-refractivity contribution in [1.82, 2.24) is 9.78 Å². The highest BCUT2D eigenvalue weighted by Crippen LogP contribution is 2.33. The molecule has 1 aliphatic heterocycles. The summed E-state index contributed by atoms with van der Waals surface area (Å²) in [6.07, 6.45) is 2.20. The van der Waals surface area contributed by atoms with Gasteiger partial charge in [-0.3, -0.25) is 4.68 Å². The second-order valence-electron chi connectivity index (χ2n) is 5.54. The molecule has 0 saturated carbocycles. The lowest BCUT2D eigenvalue weighted by Crippen LogP contribution is -2.38. The Bertz CT molecular complexity index is 413. The van der Waals surface area contributed by atoms with E-state index in [9.17, 15) is 5.11 Å². The first kappa shape index (κ1) is 13.2. The molecular weight excluding hydrogens is 228 g/mol. The Morgan fingerprint density at radius 2 is 2.22 bits per heavy atom. The fourth-order valence-electron chi connectivity index (χ4n) is 2.76. The average Bonchev–Trinajstić information content (AvgIpc) is 2.65. The van der Waals surface area contributed by atoms with Gasteiger partial charge in [0.1, 0.15) is 5.82 Å². The molecule has 1 fully saturated rings. The minimum atomic E-state index is 0.255. The third-order valence-corrected chi connectivity index (χ3v) is 3.70. The van der Waals surface area contributed by atoms with Crippen LogP contribution in [0.3, 0.4) is 0 Å². The molecule has 2 heterocycles. The molecule has 0 aliphatic carbocycles. The van der Waals surface area contributed by atoms with E-state index in [1.54, 1.807) is 0 Å². The number of aromatic nitrogens is 2. The highest BCUT2D eigenvalue weighted by atomic mass is 16.3. The van der Waals surface area contributed by atoms with Gasteiger partial charge in [0, 0.05) is 26.7 Å². The molecule has 0 spiro atoms. The summed E-state index contributed by atoms with van der Waals surface area (Å²) in [5, 5.41) is 13.8. The first-order valence-corrected chi connectivity index (χ1v) is 6.72. The molecule has 0 amide bonds. The van der Waals surface area contributed by atoms with Crippen molar-refractivity contribution < 1.29 is 5.11 Å². The third-order valence-electron chi connectivity index (χ3n) is 3.70. The monoisotopic (exact) mass is 252 g/mol. The molecule has 3 N–H and O–H groups in total. The zero-order valence-corrected chi connectivity index (χ0v) is 11.6. The van der Waals surface area contributed by atoms with Crippen LogP contribution < -0.4 is 10.6 Å². The van der Waals surface area contributed by atoms with Gasteiger partial charge < -0.3 is 15.7 Å². The van der Waals surface area contributed by atoms with E-state index in [0.29, 0.717) is 11.8 Å². The maximum atomic E-state index is 9.31. The van der Waals surface area contributed by atoms with Gasteiger partial charge in [0.15, 0.2) is 0 Å². The van der Waals surface area contributed by atoms with Crippen molar-refractivity contribution in [3.8, 4) is 0 Å². The quantitative estimate of drug-likeness (QED) is 0.851. The predicted octanol–water partition coefficient (Wildman–Crippen LogP) is 1.33. The van der Waals surface area contributed by atoms with Gasteiger partial charge in [-0.2, -0.15) is 5.10 Å². The van der Waals surface area contributed by atoms with Gasteiger partial charge in [-0.1, -0.05) is 13.8 Å². The number of nitrogens with zero attached hydrogens (tertiary/aromatic N) is 3. The Morgan fingerprint density at radius 3 is 2.78 bits per heavy atom. The van der Waals surface area contributed by atoms with Crippen LogP contribution in [0, 0.1) is 5.92 Å². The Hall–Kier alpha value is -1.23. The molecule has 102 valence electrons.